The molecule has 3 rings (SSSR count). The summed E-state index contributed by atoms with van der Waals surface area (Å²) >= 11 is 0. The molecule has 1 fully saturated rings. The van der Waals surface area contributed by atoms with Crippen LogP contribution in [-0.4, -0.2) is 46.5 Å². The number of carbonyl (C=O) groups excluding carboxylic acids is 1. The number of unbranched alkanes of at least 4 members (excludes halogenated alkanes) is 2. The van der Waals surface area contributed by atoms with Gasteiger partial charge >= 0.3 is 5.97 Å². The van der Waals surface area contributed by atoms with Gasteiger partial charge in [-0.3, -0.25) is 4.79 Å². The fourth-order valence-corrected chi connectivity index (χ4v) is 9.95. The van der Waals surface area contributed by atoms with Gasteiger partial charge < -0.3 is 18.6 Å². The lowest BCUT2D eigenvalue weighted by atomic mass is 9.86. The van der Waals surface area contributed by atoms with E-state index in [1.807, 2.05) is 0 Å². The first-order chi connectivity index (χ1) is 17.6. The Morgan fingerprint density at radius 1 is 0.919 bits per heavy atom. The highest BCUT2D eigenvalue weighted by Crippen LogP contribution is 2.37. The number of carbonyl (C=O) groups is 1. The first-order valence-electron chi connectivity index (χ1n) is 13.8. The van der Waals surface area contributed by atoms with Gasteiger partial charge in [-0.2, -0.15) is 0 Å². The molecule has 6 heteroatoms. The lowest BCUT2D eigenvalue weighted by Gasteiger charge is -2.43. The van der Waals surface area contributed by atoms with E-state index >= 15 is 0 Å². The molecule has 0 aliphatic carbocycles. The average Bonchev–Trinajstić information content (AvgIpc) is 2.87. The second kappa shape index (κ2) is 13.7. The summed E-state index contributed by atoms with van der Waals surface area (Å²) in [6.45, 7) is 14.4. The molecule has 0 amide bonds. The zero-order valence-corrected chi connectivity index (χ0v) is 24.6. The summed E-state index contributed by atoms with van der Waals surface area (Å²) < 4.78 is 24.4. The summed E-state index contributed by atoms with van der Waals surface area (Å²) in [5.41, 5.74) is 0. The third kappa shape index (κ3) is 7.76. The van der Waals surface area contributed by atoms with Gasteiger partial charge in [-0.1, -0.05) is 95.3 Å². The topological polar surface area (TPSA) is 54.0 Å². The molecule has 0 N–H and O–H groups in total. The number of esters is 1. The van der Waals surface area contributed by atoms with Crippen LogP contribution in [0.15, 0.2) is 60.7 Å². The molecule has 4 atom stereocenters. The zero-order chi connectivity index (χ0) is 26.9. The van der Waals surface area contributed by atoms with Crippen molar-refractivity contribution in [1.82, 2.24) is 0 Å². The van der Waals surface area contributed by atoms with Crippen LogP contribution in [0.3, 0.4) is 0 Å². The molecular formula is C31H46O5Si. The summed E-state index contributed by atoms with van der Waals surface area (Å²) in [6, 6.07) is 21.6. The Morgan fingerprint density at radius 2 is 1.49 bits per heavy atom. The molecule has 0 bridgehead atoms. The van der Waals surface area contributed by atoms with Crippen molar-refractivity contribution in [2.75, 3.05) is 19.8 Å². The van der Waals surface area contributed by atoms with Gasteiger partial charge in [0.2, 0.25) is 0 Å². The van der Waals surface area contributed by atoms with E-state index in [0.29, 0.717) is 25.0 Å². The molecule has 2 aromatic rings. The molecule has 0 saturated carbocycles. The van der Waals surface area contributed by atoms with Gasteiger partial charge in [0.25, 0.3) is 8.32 Å². The SMILES string of the molecule is CC(=O)OCC1OC(OCCCCCO[Si](c2ccccc2)(c2ccccc2)C(C)(C)C)CC(C)C1C. The highest BCUT2D eigenvalue weighted by atomic mass is 28.4. The second-order valence-corrected chi connectivity index (χ2v) is 15.7. The molecule has 5 nitrogen and oxygen atoms in total. The van der Waals surface area contributed by atoms with E-state index in [1.54, 1.807) is 0 Å². The minimum absolute atomic E-state index is 0.00634. The van der Waals surface area contributed by atoms with Gasteiger partial charge in [-0.05, 0) is 46.5 Å². The predicted molar refractivity (Wildman–Crippen MR) is 152 cm³/mol. The summed E-state index contributed by atoms with van der Waals surface area (Å²) in [4.78, 5) is 11.2. The van der Waals surface area contributed by atoms with E-state index in [4.69, 9.17) is 18.6 Å². The average molecular weight is 527 g/mol. The van der Waals surface area contributed by atoms with Gasteiger partial charge in [-0.25, -0.2) is 0 Å². The van der Waals surface area contributed by atoms with E-state index < -0.39 is 8.32 Å². The first kappa shape index (κ1) is 29.6. The maximum Gasteiger partial charge on any atom is 0.302 e. The number of ether oxygens (including phenoxy) is 3. The zero-order valence-electron chi connectivity index (χ0n) is 23.6. The predicted octanol–water partition coefficient (Wildman–Crippen LogP) is 5.70. The largest absolute Gasteiger partial charge is 0.463 e. The second-order valence-electron chi connectivity index (χ2n) is 11.4. The normalized spacial score (nSPS) is 22.5. The van der Waals surface area contributed by atoms with Crippen molar-refractivity contribution in [2.45, 2.75) is 84.7 Å². The van der Waals surface area contributed by atoms with Crippen LogP contribution in [-0.2, 0) is 23.4 Å². The van der Waals surface area contributed by atoms with E-state index in [-0.39, 0.29) is 23.4 Å². The van der Waals surface area contributed by atoms with Crippen molar-refractivity contribution < 1.29 is 23.4 Å². The molecule has 0 spiro atoms. The fourth-order valence-electron chi connectivity index (χ4n) is 5.34. The summed E-state index contributed by atoms with van der Waals surface area (Å²) in [6.07, 6.45) is 3.50. The summed E-state index contributed by atoms with van der Waals surface area (Å²) in [5, 5.41) is 2.63. The molecule has 0 radical (unpaired) electrons. The molecule has 2 aromatic carbocycles. The number of hydrogen-bond donors (Lipinski definition) is 0. The van der Waals surface area contributed by atoms with E-state index in [0.717, 1.165) is 32.3 Å². The monoisotopic (exact) mass is 526 g/mol. The minimum Gasteiger partial charge on any atom is -0.463 e. The van der Waals surface area contributed by atoms with E-state index in [1.165, 1.54) is 17.3 Å². The van der Waals surface area contributed by atoms with Crippen LogP contribution >= 0.6 is 0 Å². The third-order valence-electron chi connectivity index (χ3n) is 7.65. The highest BCUT2D eigenvalue weighted by molar-refractivity contribution is 6.99. The standard InChI is InChI=1S/C31H46O5Si/c1-24-22-30(36-29(25(24)2)23-34-26(3)32)33-20-14-9-15-21-35-37(31(4,5)6,27-16-10-7-11-17-27)28-18-12-8-13-19-28/h7-8,10-13,16-19,24-25,29-30H,9,14-15,20-23H2,1-6H3. The van der Waals surface area contributed by atoms with E-state index in [9.17, 15) is 4.79 Å². The van der Waals surface area contributed by atoms with Crippen molar-refractivity contribution in [3.63, 3.8) is 0 Å². The lowest BCUT2D eigenvalue weighted by Crippen LogP contribution is -2.66. The van der Waals surface area contributed by atoms with E-state index in [2.05, 4.69) is 95.3 Å². The molecule has 37 heavy (non-hydrogen) atoms. The minimum atomic E-state index is -2.47. The molecule has 1 saturated heterocycles. The van der Waals surface area contributed by atoms with Crippen molar-refractivity contribution in [3.8, 4) is 0 Å². The van der Waals surface area contributed by atoms with Gasteiger partial charge in [0.05, 0.1) is 6.10 Å². The number of hydrogen-bond acceptors (Lipinski definition) is 5. The molecular weight excluding hydrogens is 480 g/mol. The van der Waals surface area contributed by atoms with Gasteiger partial charge in [0.1, 0.15) is 6.61 Å². The molecule has 204 valence electrons. The van der Waals surface area contributed by atoms with Crippen molar-refractivity contribution in [3.05, 3.63) is 60.7 Å². The third-order valence-corrected chi connectivity index (χ3v) is 12.7. The molecule has 1 aliphatic rings. The van der Waals surface area contributed by atoms with Crippen molar-refractivity contribution in [1.29, 1.82) is 0 Å². The molecule has 1 heterocycles. The Bertz CT molecular complexity index is 904. The van der Waals surface area contributed by atoms with Gasteiger partial charge in [0.15, 0.2) is 6.29 Å². The maximum absolute atomic E-state index is 11.2. The van der Waals surface area contributed by atoms with Crippen LogP contribution in [0.2, 0.25) is 5.04 Å². The Hall–Kier alpha value is -1.99. The number of benzene rings is 2. The molecule has 1 aliphatic heterocycles. The molecule has 4 unspecified atom stereocenters. The van der Waals surface area contributed by atoms with Crippen LogP contribution in [0.4, 0.5) is 0 Å². The Kier molecular flexibility index (Phi) is 10.9. The van der Waals surface area contributed by atoms with Crippen molar-refractivity contribution in [2.24, 2.45) is 11.8 Å². The molecule has 0 aromatic heterocycles. The van der Waals surface area contributed by atoms with Gasteiger partial charge in [-0.15, -0.1) is 0 Å². The Morgan fingerprint density at radius 3 is 2.03 bits per heavy atom. The summed E-state index contributed by atoms with van der Waals surface area (Å²) in [7, 11) is -2.47. The fraction of sp³-hybridized carbons (Fsp3) is 0.581. The maximum atomic E-state index is 11.2. The first-order valence-corrected chi connectivity index (χ1v) is 15.7. The van der Waals surface area contributed by atoms with Crippen LogP contribution in [0, 0.1) is 11.8 Å². The summed E-state index contributed by atoms with van der Waals surface area (Å²) in [5.74, 6) is 0.517. The van der Waals surface area contributed by atoms with Gasteiger partial charge in [0, 0.05) is 26.6 Å². The Labute approximate surface area is 225 Å². The lowest BCUT2D eigenvalue weighted by molar-refractivity contribution is -0.231. The van der Waals surface area contributed by atoms with Crippen molar-refractivity contribution >= 4 is 24.7 Å². The van der Waals surface area contributed by atoms with Crippen LogP contribution in [0.1, 0.15) is 67.2 Å². The van der Waals surface area contributed by atoms with Crippen LogP contribution in [0.5, 0.6) is 0 Å². The smallest absolute Gasteiger partial charge is 0.302 e. The Balaban J connectivity index is 1.52. The number of rotatable bonds is 12. The highest BCUT2D eigenvalue weighted by Gasteiger charge is 2.49. The van der Waals surface area contributed by atoms with Crippen LogP contribution < -0.4 is 10.4 Å². The van der Waals surface area contributed by atoms with Crippen LogP contribution in [0.25, 0.3) is 0 Å². The quantitative estimate of drug-likeness (QED) is 0.202.